The number of aromatic amines is 1. The molecule has 7 nitrogen and oxygen atoms in total. The summed E-state index contributed by atoms with van der Waals surface area (Å²) in [5.74, 6) is -0.842. The summed E-state index contributed by atoms with van der Waals surface area (Å²) in [6, 6.07) is 5.30. The number of nitrogens with one attached hydrogen (secondary N) is 3. The zero-order valence-corrected chi connectivity index (χ0v) is 18.1. The Morgan fingerprint density at radius 3 is 2.48 bits per heavy atom. The Hall–Kier alpha value is -2.64. The molecule has 1 aromatic heterocycles. The van der Waals surface area contributed by atoms with Crippen molar-refractivity contribution in [2.24, 2.45) is 0 Å². The third-order valence-corrected chi connectivity index (χ3v) is 5.14. The van der Waals surface area contributed by atoms with Gasteiger partial charge in [-0.25, -0.2) is 4.79 Å². The van der Waals surface area contributed by atoms with E-state index in [1.165, 1.54) is 7.11 Å². The number of likely N-dealkylation sites (N-methyl/N-ethyl adjacent to an activating group) is 1. The largest absolute Gasteiger partial charge is 0.465 e. The lowest BCUT2D eigenvalue weighted by molar-refractivity contribution is -0.881. The molecule has 0 spiro atoms. The van der Waals surface area contributed by atoms with Crippen molar-refractivity contribution in [3.05, 3.63) is 51.3 Å². The summed E-state index contributed by atoms with van der Waals surface area (Å²) in [6.07, 6.45) is 0. The molecule has 29 heavy (non-hydrogen) atoms. The van der Waals surface area contributed by atoms with Gasteiger partial charge in [0.1, 0.15) is 6.54 Å². The second-order valence-electron chi connectivity index (χ2n) is 7.00. The van der Waals surface area contributed by atoms with Gasteiger partial charge in [-0.3, -0.25) is 9.59 Å². The molecule has 8 heteroatoms. The quantitative estimate of drug-likeness (QED) is 0.450. The van der Waals surface area contributed by atoms with Crippen LogP contribution in [0.3, 0.4) is 0 Å². The molecule has 1 aromatic carbocycles. The molecular formula is C21H27ClN3O4+. The molecule has 156 valence electrons. The Morgan fingerprint density at radius 1 is 1.17 bits per heavy atom. The maximum absolute atomic E-state index is 12.8. The number of ether oxygens (including phenoxy) is 1. The first-order valence-corrected chi connectivity index (χ1v) is 9.75. The minimum absolute atomic E-state index is 0.125. The number of aryl methyl sites for hydroxylation is 2. The van der Waals surface area contributed by atoms with Crippen LogP contribution in [0.2, 0.25) is 5.02 Å². The van der Waals surface area contributed by atoms with Gasteiger partial charge in [-0.05, 0) is 51.0 Å². The van der Waals surface area contributed by atoms with E-state index in [0.29, 0.717) is 39.8 Å². The van der Waals surface area contributed by atoms with Crippen LogP contribution >= 0.6 is 11.6 Å². The van der Waals surface area contributed by atoms with Crippen LogP contribution < -0.4 is 10.2 Å². The van der Waals surface area contributed by atoms with Crippen LogP contribution in [0, 0.1) is 20.8 Å². The van der Waals surface area contributed by atoms with Crippen molar-refractivity contribution in [1.82, 2.24) is 4.98 Å². The van der Waals surface area contributed by atoms with E-state index < -0.39 is 5.97 Å². The van der Waals surface area contributed by atoms with E-state index in [-0.39, 0.29) is 24.8 Å². The number of esters is 1. The third-order valence-electron chi connectivity index (χ3n) is 4.90. The van der Waals surface area contributed by atoms with E-state index >= 15 is 0 Å². The van der Waals surface area contributed by atoms with Crippen LogP contribution in [0.5, 0.6) is 0 Å². The SMILES string of the molecule is CC[NH+](CC(=O)Nc1cc(Cl)ccc1C)CC(=O)c1[nH]c(C)c(C(=O)OC)c1C. The molecule has 0 aliphatic heterocycles. The van der Waals surface area contributed by atoms with Crippen LogP contribution in [0.15, 0.2) is 18.2 Å². The topological polar surface area (TPSA) is 92.7 Å². The number of hydrogen-bond donors (Lipinski definition) is 3. The first-order valence-electron chi connectivity index (χ1n) is 9.38. The smallest absolute Gasteiger partial charge is 0.339 e. The second kappa shape index (κ2) is 9.71. The van der Waals surface area contributed by atoms with E-state index in [1.807, 2.05) is 19.9 Å². The number of methoxy groups -OCH3 is 1. The van der Waals surface area contributed by atoms with E-state index in [9.17, 15) is 14.4 Å². The molecule has 2 rings (SSSR count). The van der Waals surface area contributed by atoms with Crippen LogP contribution in [0.25, 0.3) is 0 Å². The average molecular weight is 421 g/mol. The van der Waals surface area contributed by atoms with Crippen LogP contribution in [-0.4, -0.2) is 49.4 Å². The number of ketones is 1. The molecule has 1 unspecified atom stereocenters. The van der Waals surface area contributed by atoms with Gasteiger partial charge >= 0.3 is 5.97 Å². The van der Waals surface area contributed by atoms with Crippen molar-refractivity contribution >= 4 is 34.9 Å². The Labute approximate surface area is 175 Å². The van der Waals surface area contributed by atoms with E-state index in [0.717, 1.165) is 10.5 Å². The molecule has 1 atom stereocenters. The van der Waals surface area contributed by atoms with Gasteiger partial charge in [0.25, 0.3) is 5.91 Å². The normalized spacial score (nSPS) is 11.8. The maximum Gasteiger partial charge on any atom is 0.339 e. The Kier molecular flexibility index (Phi) is 7.59. The summed E-state index contributed by atoms with van der Waals surface area (Å²) in [5, 5.41) is 3.39. The number of H-pyrrole nitrogens is 1. The highest BCUT2D eigenvalue weighted by molar-refractivity contribution is 6.31. The Morgan fingerprint density at radius 2 is 1.86 bits per heavy atom. The molecule has 1 heterocycles. The number of aromatic nitrogens is 1. The maximum atomic E-state index is 12.8. The molecule has 0 radical (unpaired) electrons. The molecule has 0 bridgehead atoms. The number of benzene rings is 1. The molecule has 3 N–H and O–H groups in total. The predicted molar refractivity (Wildman–Crippen MR) is 112 cm³/mol. The van der Waals surface area contributed by atoms with Crippen LogP contribution in [0.4, 0.5) is 5.69 Å². The van der Waals surface area contributed by atoms with Gasteiger partial charge in [0.15, 0.2) is 6.54 Å². The fourth-order valence-corrected chi connectivity index (χ4v) is 3.39. The molecule has 0 saturated heterocycles. The summed E-state index contributed by atoms with van der Waals surface area (Å²) >= 11 is 5.99. The summed E-state index contributed by atoms with van der Waals surface area (Å²) in [5.41, 5.74) is 3.47. The van der Waals surface area contributed by atoms with E-state index in [4.69, 9.17) is 16.3 Å². The number of amides is 1. The number of halogens is 1. The zero-order chi connectivity index (χ0) is 21.7. The van der Waals surface area contributed by atoms with Crippen molar-refractivity contribution in [2.75, 3.05) is 32.1 Å². The minimum atomic E-state index is -0.480. The number of quaternary nitrogens is 1. The Balaban J connectivity index is 2.08. The van der Waals surface area contributed by atoms with Gasteiger partial charge in [0.05, 0.1) is 24.9 Å². The number of carbonyl (C=O) groups is 3. The van der Waals surface area contributed by atoms with Gasteiger partial charge in [-0.2, -0.15) is 0 Å². The average Bonchev–Trinajstić information content (AvgIpc) is 2.97. The zero-order valence-electron chi connectivity index (χ0n) is 17.4. The lowest BCUT2D eigenvalue weighted by atomic mass is 10.1. The number of carbonyl (C=O) groups excluding carboxylic acids is 3. The summed E-state index contributed by atoms with van der Waals surface area (Å²) in [4.78, 5) is 41.0. The third kappa shape index (κ3) is 5.46. The van der Waals surface area contributed by atoms with Crippen molar-refractivity contribution in [2.45, 2.75) is 27.7 Å². The number of rotatable bonds is 8. The molecule has 0 aliphatic rings. The molecule has 1 amide bonds. The van der Waals surface area contributed by atoms with Gasteiger partial charge in [-0.1, -0.05) is 17.7 Å². The molecule has 0 aliphatic carbocycles. The van der Waals surface area contributed by atoms with Crippen molar-refractivity contribution < 1.29 is 24.0 Å². The second-order valence-corrected chi connectivity index (χ2v) is 7.44. The summed E-state index contributed by atoms with van der Waals surface area (Å²) < 4.78 is 4.78. The Bertz CT molecular complexity index is 936. The predicted octanol–water partition coefficient (Wildman–Crippen LogP) is 2.11. The van der Waals surface area contributed by atoms with Crippen molar-refractivity contribution in [1.29, 1.82) is 0 Å². The van der Waals surface area contributed by atoms with Gasteiger partial charge in [-0.15, -0.1) is 0 Å². The number of Topliss-reactive ketones (excluding diaryl/α,β-unsaturated/α-hetero) is 1. The fraction of sp³-hybridized carbons (Fsp3) is 0.381. The van der Waals surface area contributed by atoms with Crippen LogP contribution in [0.1, 0.15) is 44.6 Å². The van der Waals surface area contributed by atoms with Gasteiger partial charge in [0.2, 0.25) is 5.78 Å². The summed E-state index contributed by atoms with van der Waals surface area (Å²) in [6.45, 7) is 8.08. The molecule has 0 fully saturated rings. The number of hydrogen-bond acceptors (Lipinski definition) is 4. The number of anilines is 1. The highest BCUT2D eigenvalue weighted by Gasteiger charge is 2.25. The first-order chi connectivity index (χ1) is 13.7. The van der Waals surface area contributed by atoms with Gasteiger partial charge in [0, 0.05) is 16.4 Å². The highest BCUT2D eigenvalue weighted by atomic mass is 35.5. The van der Waals surface area contributed by atoms with E-state index in [1.54, 1.807) is 26.0 Å². The molecular weight excluding hydrogens is 394 g/mol. The minimum Gasteiger partial charge on any atom is -0.465 e. The van der Waals surface area contributed by atoms with Gasteiger partial charge < -0.3 is 19.9 Å². The molecule has 0 saturated carbocycles. The first kappa shape index (κ1) is 22.6. The van der Waals surface area contributed by atoms with Crippen molar-refractivity contribution in [3.63, 3.8) is 0 Å². The van der Waals surface area contributed by atoms with E-state index in [2.05, 4.69) is 10.3 Å². The lowest BCUT2D eigenvalue weighted by Crippen LogP contribution is -3.13. The van der Waals surface area contributed by atoms with Crippen LogP contribution in [-0.2, 0) is 9.53 Å². The standard InChI is InChI=1S/C21H26ClN3O4/c1-6-25(11-18(27)24-16-9-15(22)8-7-12(16)2)10-17(26)20-13(3)19(14(4)23-20)21(28)29-5/h7-9,23H,6,10-11H2,1-5H3,(H,24,27)/p+1. The molecule has 2 aromatic rings. The monoisotopic (exact) mass is 420 g/mol. The summed E-state index contributed by atoms with van der Waals surface area (Å²) in [7, 11) is 1.30. The lowest BCUT2D eigenvalue weighted by Gasteiger charge is -2.17. The highest BCUT2D eigenvalue weighted by Crippen LogP contribution is 2.20. The van der Waals surface area contributed by atoms with Crippen molar-refractivity contribution in [3.8, 4) is 0 Å². The fourth-order valence-electron chi connectivity index (χ4n) is 3.22.